The molecule has 39 heavy (non-hydrogen) atoms. The van der Waals surface area contributed by atoms with Gasteiger partial charge in [0, 0.05) is 18.8 Å². The van der Waals surface area contributed by atoms with Crippen LogP contribution in [0.25, 0.3) is 0 Å². The fourth-order valence-electron chi connectivity index (χ4n) is 12.9. The molecule has 3 N–H and O–H groups in total. The van der Waals surface area contributed by atoms with E-state index in [4.69, 9.17) is 14.2 Å². The Kier molecular flexibility index (Phi) is 5.29. The number of hydrogen-bond donors (Lipinski definition) is 3. The molecule has 2 aliphatic heterocycles. The van der Waals surface area contributed by atoms with Crippen LogP contribution >= 0.6 is 0 Å². The first-order chi connectivity index (χ1) is 18.0. The molecule has 0 aromatic rings. The molecule has 7 nitrogen and oxygen atoms in total. The van der Waals surface area contributed by atoms with Crippen LogP contribution in [0.15, 0.2) is 0 Å². The molecule has 7 rings (SSSR count). The topological polar surface area (TPSA) is 105 Å². The van der Waals surface area contributed by atoms with E-state index < -0.39 is 17.5 Å². The van der Waals surface area contributed by atoms with Crippen LogP contribution in [0.2, 0.25) is 0 Å². The Morgan fingerprint density at radius 1 is 0.949 bits per heavy atom. The molecule has 4 unspecified atom stereocenters. The zero-order valence-corrected chi connectivity index (χ0v) is 25.0. The zero-order valence-electron chi connectivity index (χ0n) is 25.0. The number of carbonyl (C=O) groups excluding carboxylic acids is 1. The highest BCUT2D eigenvalue weighted by Crippen LogP contribution is 2.89. The van der Waals surface area contributed by atoms with Crippen molar-refractivity contribution in [3.63, 3.8) is 0 Å². The van der Waals surface area contributed by atoms with Crippen LogP contribution in [-0.4, -0.2) is 63.7 Å². The molecule has 0 bridgehead atoms. The quantitative estimate of drug-likeness (QED) is 0.423. The molecule has 0 aromatic heterocycles. The van der Waals surface area contributed by atoms with E-state index in [1.807, 2.05) is 0 Å². The van der Waals surface area contributed by atoms with E-state index in [-0.39, 0.29) is 69.8 Å². The van der Waals surface area contributed by atoms with Crippen LogP contribution in [0.4, 0.5) is 0 Å². The van der Waals surface area contributed by atoms with Crippen LogP contribution < -0.4 is 0 Å². The number of aliphatic hydroxyl groups is 3. The number of hydrogen-bond acceptors (Lipinski definition) is 7. The highest BCUT2D eigenvalue weighted by atomic mass is 16.7. The SMILES string of the molecule is CC(=O)O[C@@H]1CC23CC24CC[C@H](O)C(C)(C)C4CCC3[C@]2(C)C[C@@H]3O[C@]4(C[C@@H](C)[C@@H]3[C@@]12C)OC[C@](C)(O)[C@@H]4O. The van der Waals surface area contributed by atoms with Crippen molar-refractivity contribution in [1.82, 2.24) is 0 Å². The second-order valence-corrected chi connectivity index (χ2v) is 16.5. The van der Waals surface area contributed by atoms with Gasteiger partial charge in [-0.05, 0) is 97.2 Å². The average molecular weight is 547 g/mol. The lowest BCUT2D eigenvalue weighted by atomic mass is 9.41. The fourth-order valence-corrected chi connectivity index (χ4v) is 12.9. The summed E-state index contributed by atoms with van der Waals surface area (Å²) in [5.41, 5.74) is -1.48. The van der Waals surface area contributed by atoms with Gasteiger partial charge in [0.25, 0.3) is 0 Å². The van der Waals surface area contributed by atoms with Gasteiger partial charge in [0.15, 0.2) is 5.79 Å². The Morgan fingerprint density at radius 3 is 2.28 bits per heavy atom. The summed E-state index contributed by atoms with van der Waals surface area (Å²) in [4.78, 5) is 12.6. The lowest BCUT2D eigenvalue weighted by Crippen LogP contribution is -2.64. The van der Waals surface area contributed by atoms with Crippen LogP contribution in [0, 0.1) is 50.7 Å². The van der Waals surface area contributed by atoms with Gasteiger partial charge >= 0.3 is 5.97 Å². The number of ether oxygens (including phenoxy) is 3. The highest BCUT2D eigenvalue weighted by molar-refractivity contribution is 5.66. The van der Waals surface area contributed by atoms with Crippen LogP contribution in [0.1, 0.15) is 99.8 Å². The number of rotatable bonds is 1. The average Bonchev–Trinajstić information content (AvgIpc) is 3.35. The Hall–Kier alpha value is -0.730. The summed E-state index contributed by atoms with van der Waals surface area (Å²) in [6.07, 6.45) is 5.92. The molecule has 220 valence electrons. The predicted octanol–water partition coefficient (Wildman–Crippen LogP) is 4.20. The molecule has 0 radical (unpaired) electrons. The molecule has 5 aliphatic carbocycles. The van der Waals surface area contributed by atoms with Crippen molar-refractivity contribution in [3.05, 3.63) is 0 Å². The van der Waals surface area contributed by atoms with Gasteiger partial charge in [0.1, 0.15) is 17.8 Å². The summed E-state index contributed by atoms with van der Waals surface area (Å²) >= 11 is 0. The molecule has 5 saturated carbocycles. The van der Waals surface area contributed by atoms with Gasteiger partial charge in [-0.3, -0.25) is 4.79 Å². The fraction of sp³-hybridized carbons (Fsp3) is 0.969. The molecule has 0 aromatic carbocycles. The van der Waals surface area contributed by atoms with Crippen molar-refractivity contribution in [3.8, 4) is 0 Å². The molecule has 2 heterocycles. The Balaban J connectivity index is 1.31. The highest BCUT2D eigenvalue weighted by Gasteiger charge is 2.85. The third-order valence-electron chi connectivity index (χ3n) is 14.6. The maximum Gasteiger partial charge on any atom is 0.302 e. The second kappa shape index (κ2) is 7.61. The van der Waals surface area contributed by atoms with E-state index in [0.29, 0.717) is 18.3 Å². The summed E-state index contributed by atoms with van der Waals surface area (Å²) < 4.78 is 19.3. The summed E-state index contributed by atoms with van der Waals surface area (Å²) in [6.45, 7) is 14.8. The Labute approximate surface area is 233 Å². The van der Waals surface area contributed by atoms with E-state index in [1.54, 1.807) is 13.8 Å². The van der Waals surface area contributed by atoms with Crippen molar-refractivity contribution in [2.45, 2.75) is 136 Å². The first-order valence-electron chi connectivity index (χ1n) is 15.6. The van der Waals surface area contributed by atoms with Crippen molar-refractivity contribution >= 4 is 5.97 Å². The minimum Gasteiger partial charge on any atom is -0.462 e. The third-order valence-corrected chi connectivity index (χ3v) is 14.6. The first-order valence-corrected chi connectivity index (χ1v) is 15.6. The molecular formula is C32H50O7. The molecule has 3 spiro atoms. The predicted molar refractivity (Wildman–Crippen MR) is 143 cm³/mol. The summed E-state index contributed by atoms with van der Waals surface area (Å²) in [6, 6.07) is 0. The van der Waals surface area contributed by atoms with Crippen LogP contribution in [0.5, 0.6) is 0 Å². The lowest BCUT2D eigenvalue weighted by Gasteiger charge is -2.65. The van der Waals surface area contributed by atoms with Gasteiger partial charge in [0.05, 0.1) is 18.8 Å². The first kappa shape index (κ1) is 27.1. The molecule has 7 aliphatic rings. The summed E-state index contributed by atoms with van der Waals surface area (Å²) in [7, 11) is 0. The van der Waals surface area contributed by atoms with E-state index in [1.165, 1.54) is 6.42 Å². The molecule has 7 fully saturated rings. The number of carbonyl (C=O) groups is 1. The van der Waals surface area contributed by atoms with Gasteiger partial charge in [-0.1, -0.05) is 34.6 Å². The summed E-state index contributed by atoms with van der Waals surface area (Å²) in [5.74, 6) is -0.0928. The van der Waals surface area contributed by atoms with E-state index in [0.717, 1.165) is 38.5 Å². The van der Waals surface area contributed by atoms with Gasteiger partial charge < -0.3 is 29.5 Å². The summed E-state index contributed by atoms with van der Waals surface area (Å²) in [5, 5.41) is 33.0. The Bertz CT molecular complexity index is 1090. The van der Waals surface area contributed by atoms with Crippen molar-refractivity contribution in [2.75, 3.05) is 6.61 Å². The van der Waals surface area contributed by atoms with E-state index >= 15 is 0 Å². The maximum atomic E-state index is 12.6. The smallest absolute Gasteiger partial charge is 0.302 e. The van der Waals surface area contributed by atoms with Gasteiger partial charge in [-0.25, -0.2) is 0 Å². The van der Waals surface area contributed by atoms with Crippen LogP contribution in [0.3, 0.4) is 0 Å². The molecule has 2 saturated heterocycles. The second-order valence-electron chi connectivity index (χ2n) is 16.5. The maximum absolute atomic E-state index is 12.6. The van der Waals surface area contributed by atoms with Crippen molar-refractivity contribution in [1.29, 1.82) is 0 Å². The van der Waals surface area contributed by atoms with E-state index in [2.05, 4.69) is 34.6 Å². The molecule has 7 heteroatoms. The molecular weight excluding hydrogens is 496 g/mol. The minimum atomic E-state index is -1.34. The van der Waals surface area contributed by atoms with E-state index in [9.17, 15) is 20.1 Å². The number of esters is 1. The number of aliphatic hydroxyl groups excluding tert-OH is 2. The minimum absolute atomic E-state index is 0.0557. The lowest BCUT2D eigenvalue weighted by molar-refractivity contribution is -0.315. The third kappa shape index (κ3) is 2.95. The molecule has 14 atom stereocenters. The normalized spacial score (nSPS) is 62.4. The Morgan fingerprint density at radius 2 is 1.64 bits per heavy atom. The zero-order chi connectivity index (χ0) is 28.2. The van der Waals surface area contributed by atoms with Crippen molar-refractivity contribution < 1.29 is 34.3 Å². The molecule has 0 amide bonds. The monoisotopic (exact) mass is 546 g/mol. The van der Waals surface area contributed by atoms with Gasteiger partial charge in [0.2, 0.25) is 0 Å². The standard InChI is InChI=1S/C32H50O7/c1-17-12-32(25(35)28(6,36)16-37-32)39-19-13-27(5)21-9-8-20-26(3,4)22(34)10-11-30(20)15-31(21,30)14-23(38-18(2)33)29(27,7)24(17)19/h17,19-25,34-36H,8-16H2,1-7H3/t17-,19+,20?,21?,22+,23-,24+,25+,27+,28+,29-,30?,31?,32+/m1/s1. The van der Waals surface area contributed by atoms with Crippen molar-refractivity contribution in [2.24, 2.45) is 50.7 Å². The van der Waals surface area contributed by atoms with Crippen LogP contribution in [-0.2, 0) is 19.0 Å². The van der Waals surface area contributed by atoms with Gasteiger partial charge in [-0.15, -0.1) is 0 Å². The van der Waals surface area contributed by atoms with Gasteiger partial charge in [-0.2, -0.15) is 0 Å². The largest absolute Gasteiger partial charge is 0.462 e. The number of fused-ring (bicyclic) bond motifs is 4.